The summed E-state index contributed by atoms with van der Waals surface area (Å²) >= 11 is 1.43. The van der Waals surface area contributed by atoms with Gasteiger partial charge in [0.25, 0.3) is 0 Å². The van der Waals surface area contributed by atoms with Gasteiger partial charge in [-0.05, 0) is 55.4 Å². The zero-order valence-electron chi connectivity index (χ0n) is 20.5. The minimum absolute atomic E-state index is 0.153. The Morgan fingerprint density at radius 3 is 2.71 bits per heavy atom. The molecule has 3 heterocycles. The summed E-state index contributed by atoms with van der Waals surface area (Å²) in [7, 11) is 0. The van der Waals surface area contributed by atoms with E-state index in [0.29, 0.717) is 18.0 Å². The van der Waals surface area contributed by atoms with Crippen molar-refractivity contribution >= 4 is 29.5 Å². The first kappa shape index (κ1) is 27.6. The van der Waals surface area contributed by atoms with E-state index in [4.69, 9.17) is 4.52 Å². The van der Waals surface area contributed by atoms with Crippen molar-refractivity contribution in [3.05, 3.63) is 65.4 Å². The highest BCUT2D eigenvalue weighted by atomic mass is 32.2. The molecule has 0 fully saturated rings. The van der Waals surface area contributed by atoms with Crippen LogP contribution in [0.25, 0.3) is 0 Å². The number of fused-ring (bicyclic) bond motifs is 1. The van der Waals surface area contributed by atoms with Crippen LogP contribution in [-0.2, 0) is 40.0 Å². The molecule has 38 heavy (non-hydrogen) atoms. The second-order valence-electron chi connectivity index (χ2n) is 8.96. The first-order valence-corrected chi connectivity index (χ1v) is 13.3. The van der Waals surface area contributed by atoms with Gasteiger partial charge >= 0.3 is 18.1 Å². The number of thioether (sulfide) groups is 1. The largest absolute Gasteiger partial charge is 0.491 e. The number of esters is 2. The third kappa shape index (κ3) is 8.30. The molecule has 1 N–H and O–H groups in total. The Kier molecular flexibility index (Phi) is 9.38. The van der Waals surface area contributed by atoms with Crippen LogP contribution in [0.5, 0.6) is 0 Å². The first-order chi connectivity index (χ1) is 18.3. The highest BCUT2D eigenvalue weighted by Gasteiger charge is 2.42. The number of benzene rings is 1. The zero-order valence-corrected chi connectivity index (χ0v) is 21.3. The maximum atomic E-state index is 12.5. The number of rotatable bonds is 11. The van der Waals surface area contributed by atoms with Gasteiger partial charge in [-0.1, -0.05) is 29.4 Å². The molecule has 1 aliphatic rings. The van der Waals surface area contributed by atoms with Crippen LogP contribution >= 0.6 is 11.8 Å². The van der Waals surface area contributed by atoms with Crippen molar-refractivity contribution in [1.29, 1.82) is 0 Å². The lowest BCUT2D eigenvalue weighted by Crippen LogP contribution is -2.29. The monoisotopic (exact) mass is 548 g/mol. The van der Waals surface area contributed by atoms with Crippen LogP contribution in [-0.4, -0.2) is 45.5 Å². The predicted molar refractivity (Wildman–Crippen MR) is 134 cm³/mol. The standard InChI is InChI=1S/C26H27F3N4O4S/c27-26(28,29)25(35)36-23(34)15-17(16-38-20-8-2-1-3-9-20)14-22-32-21(33-37-22)10-4-7-19-12-11-18-6-5-13-30-24(18)31-19/h1-3,8-9,11-12,17H,4-7,10,13-16H2,(H,30,31). The summed E-state index contributed by atoms with van der Waals surface area (Å²) in [6, 6.07) is 13.5. The summed E-state index contributed by atoms with van der Waals surface area (Å²) < 4.78 is 46.8. The number of pyridine rings is 1. The summed E-state index contributed by atoms with van der Waals surface area (Å²) in [6.07, 6.45) is -1.30. The molecule has 2 aromatic heterocycles. The number of alkyl halides is 3. The minimum Gasteiger partial charge on any atom is -0.386 e. The molecule has 0 spiro atoms. The molecule has 0 saturated carbocycles. The topological polar surface area (TPSA) is 107 Å². The van der Waals surface area contributed by atoms with Crippen molar-refractivity contribution in [3.63, 3.8) is 0 Å². The predicted octanol–water partition coefficient (Wildman–Crippen LogP) is 4.97. The Balaban J connectivity index is 1.32. The van der Waals surface area contributed by atoms with Gasteiger partial charge < -0.3 is 14.6 Å². The van der Waals surface area contributed by atoms with Gasteiger partial charge in [-0.3, -0.25) is 4.79 Å². The Morgan fingerprint density at radius 1 is 1.11 bits per heavy atom. The van der Waals surface area contributed by atoms with Crippen molar-refractivity contribution in [2.75, 3.05) is 17.6 Å². The number of aryl methyl sites for hydroxylation is 3. The average molecular weight is 549 g/mol. The molecule has 12 heteroatoms. The van der Waals surface area contributed by atoms with Crippen LogP contribution in [0.1, 0.15) is 42.2 Å². The van der Waals surface area contributed by atoms with Crippen molar-refractivity contribution in [3.8, 4) is 0 Å². The maximum Gasteiger partial charge on any atom is 0.491 e. The SMILES string of the molecule is O=C(CC(CSc1ccccc1)Cc1nc(CCCc2ccc3c(n2)NCCC3)no1)OC(=O)C(F)(F)F. The first-order valence-electron chi connectivity index (χ1n) is 12.3. The number of ether oxygens (including phenoxy) is 1. The Hall–Kier alpha value is -3.41. The number of aromatic nitrogens is 3. The maximum absolute atomic E-state index is 12.5. The van der Waals surface area contributed by atoms with Crippen molar-refractivity contribution in [2.24, 2.45) is 5.92 Å². The van der Waals surface area contributed by atoms with E-state index in [9.17, 15) is 22.8 Å². The molecule has 1 unspecified atom stereocenters. The molecule has 0 aliphatic carbocycles. The quantitative estimate of drug-likeness (QED) is 0.202. The number of nitrogens with zero attached hydrogens (tertiary/aromatic N) is 3. The molecule has 202 valence electrons. The molecule has 1 aliphatic heterocycles. The molecule has 3 aromatic rings. The molecule has 1 atom stereocenters. The highest BCUT2D eigenvalue weighted by Crippen LogP contribution is 2.25. The Bertz CT molecular complexity index is 1240. The van der Waals surface area contributed by atoms with E-state index >= 15 is 0 Å². The second-order valence-corrected chi connectivity index (χ2v) is 10.0. The van der Waals surface area contributed by atoms with Crippen molar-refractivity contribution in [1.82, 2.24) is 15.1 Å². The van der Waals surface area contributed by atoms with Crippen LogP contribution in [0.2, 0.25) is 0 Å². The number of carbonyl (C=O) groups excluding carboxylic acids is 2. The molecule has 4 rings (SSSR count). The van der Waals surface area contributed by atoms with Crippen LogP contribution < -0.4 is 5.32 Å². The minimum atomic E-state index is -5.24. The van der Waals surface area contributed by atoms with E-state index in [1.165, 1.54) is 17.3 Å². The Labute approximate surface area is 221 Å². The van der Waals surface area contributed by atoms with E-state index in [0.717, 1.165) is 48.6 Å². The smallest absolute Gasteiger partial charge is 0.386 e. The molecule has 1 aromatic carbocycles. The van der Waals surface area contributed by atoms with Gasteiger partial charge in [0.2, 0.25) is 5.89 Å². The van der Waals surface area contributed by atoms with Crippen LogP contribution in [0.3, 0.4) is 0 Å². The molecular formula is C26H27F3N4O4S. The van der Waals surface area contributed by atoms with Gasteiger partial charge in [-0.15, -0.1) is 11.8 Å². The van der Waals surface area contributed by atoms with Crippen molar-refractivity contribution < 1.29 is 32.0 Å². The number of hydrogen-bond donors (Lipinski definition) is 1. The van der Waals surface area contributed by atoms with Gasteiger partial charge in [0.15, 0.2) is 5.82 Å². The molecule has 8 nitrogen and oxygen atoms in total. The van der Waals surface area contributed by atoms with E-state index in [2.05, 4.69) is 31.2 Å². The van der Waals surface area contributed by atoms with Crippen LogP contribution in [0, 0.1) is 5.92 Å². The number of halogens is 3. The molecule has 0 amide bonds. The fraction of sp³-hybridized carbons (Fsp3) is 0.423. The summed E-state index contributed by atoms with van der Waals surface area (Å²) in [6.45, 7) is 0.927. The van der Waals surface area contributed by atoms with Gasteiger partial charge in [0.1, 0.15) is 5.82 Å². The van der Waals surface area contributed by atoms with Gasteiger partial charge in [0.05, 0.1) is 6.42 Å². The summed E-state index contributed by atoms with van der Waals surface area (Å²) in [5, 5.41) is 7.33. The van der Waals surface area contributed by atoms with E-state index in [1.54, 1.807) is 0 Å². The van der Waals surface area contributed by atoms with Gasteiger partial charge in [-0.2, -0.15) is 18.2 Å². The number of hydrogen-bond acceptors (Lipinski definition) is 9. The number of anilines is 1. The van der Waals surface area contributed by atoms with Crippen LogP contribution in [0.15, 0.2) is 51.9 Å². The third-order valence-electron chi connectivity index (χ3n) is 5.88. The lowest BCUT2D eigenvalue weighted by atomic mass is 10.0. The number of nitrogens with one attached hydrogen (secondary N) is 1. The zero-order chi connectivity index (χ0) is 27.0. The Morgan fingerprint density at radius 2 is 1.92 bits per heavy atom. The van der Waals surface area contributed by atoms with E-state index in [1.807, 2.05) is 36.4 Å². The fourth-order valence-electron chi connectivity index (χ4n) is 4.02. The third-order valence-corrected chi connectivity index (χ3v) is 7.12. The normalized spacial score (nSPS) is 13.9. The molecule has 0 radical (unpaired) electrons. The second kappa shape index (κ2) is 12.9. The van der Waals surface area contributed by atoms with Gasteiger partial charge in [0, 0.05) is 35.7 Å². The highest BCUT2D eigenvalue weighted by molar-refractivity contribution is 7.99. The molecule has 0 saturated heterocycles. The van der Waals surface area contributed by atoms with E-state index in [-0.39, 0.29) is 12.3 Å². The van der Waals surface area contributed by atoms with E-state index < -0.39 is 30.5 Å². The number of carbonyl (C=O) groups is 2. The molecular weight excluding hydrogens is 521 g/mol. The fourth-order valence-corrected chi connectivity index (χ4v) is 5.03. The summed E-state index contributed by atoms with van der Waals surface area (Å²) in [4.78, 5) is 33.1. The average Bonchev–Trinajstić information content (AvgIpc) is 3.34. The van der Waals surface area contributed by atoms with Crippen LogP contribution in [0.4, 0.5) is 19.0 Å². The van der Waals surface area contributed by atoms with Gasteiger partial charge in [-0.25, -0.2) is 9.78 Å². The molecule has 0 bridgehead atoms. The summed E-state index contributed by atoms with van der Waals surface area (Å²) in [5.41, 5.74) is 2.21. The lowest BCUT2D eigenvalue weighted by molar-refractivity contribution is -0.202. The lowest BCUT2D eigenvalue weighted by Gasteiger charge is -2.17. The van der Waals surface area contributed by atoms with Crippen molar-refractivity contribution in [2.45, 2.75) is 56.0 Å². The summed E-state index contributed by atoms with van der Waals surface area (Å²) in [5.74, 6) is -2.18.